The van der Waals surface area contributed by atoms with E-state index in [9.17, 15) is 0 Å². The highest BCUT2D eigenvalue weighted by Gasteiger charge is 2.00. The quantitative estimate of drug-likeness (QED) is 0.720. The number of nitrogens with one attached hydrogen (secondary N) is 1. The summed E-state index contributed by atoms with van der Waals surface area (Å²) in [7, 11) is 0. The number of rotatable bonds is 3. The van der Waals surface area contributed by atoms with Crippen LogP contribution in [0.4, 0.5) is 5.95 Å². The molecule has 2 aromatic rings. The molecule has 0 bridgehead atoms. The van der Waals surface area contributed by atoms with Crippen molar-refractivity contribution in [1.29, 1.82) is 0 Å². The summed E-state index contributed by atoms with van der Waals surface area (Å²) in [6.45, 7) is 1.47. The van der Waals surface area contributed by atoms with Crippen molar-refractivity contribution in [3.8, 4) is 0 Å². The van der Waals surface area contributed by atoms with Gasteiger partial charge < -0.3 is 10.3 Å². The third kappa shape index (κ3) is 1.67. The van der Waals surface area contributed by atoms with Gasteiger partial charge in [0.05, 0.1) is 6.33 Å². The molecule has 2 rings (SSSR count). The molecule has 2 aromatic heterocycles. The van der Waals surface area contributed by atoms with E-state index in [4.69, 9.17) is 18.0 Å². The smallest absolute Gasteiger partial charge is 0.220 e. The van der Waals surface area contributed by atoms with Crippen LogP contribution in [0.3, 0.4) is 0 Å². The van der Waals surface area contributed by atoms with Crippen molar-refractivity contribution in [2.45, 2.75) is 13.1 Å². The number of hydrogen-bond donors (Lipinski definition) is 2. The molecule has 0 atom stereocenters. The second-order valence-electron chi connectivity index (χ2n) is 2.84. The number of aromatic nitrogens is 5. The van der Waals surface area contributed by atoms with Crippen LogP contribution in [0.5, 0.6) is 0 Å². The van der Waals surface area contributed by atoms with Crippen molar-refractivity contribution in [2.24, 2.45) is 0 Å². The summed E-state index contributed by atoms with van der Waals surface area (Å²) in [5.74, 6) is 0.412. The van der Waals surface area contributed by atoms with E-state index in [0.717, 1.165) is 6.54 Å². The van der Waals surface area contributed by atoms with Crippen LogP contribution >= 0.6 is 12.2 Å². The van der Waals surface area contributed by atoms with Crippen molar-refractivity contribution < 1.29 is 0 Å². The van der Waals surface area contributed by atoms with Gasteiger partial charge in [-0.2, -0.15) is 0 Å². The summed E-state index contributed by atoms with van der Waals surface area (Å²) in [5, 5.41) is 6.45. The van der Waals surface area contributed by atoms with Gasteiger partial charge in [-0.15, -0.1) is 5.10 Å². The lowest BCUT2D eigenvalue weighted by atomic mass is 10.6. The normalized spacial score (nSPS) is 10.6. The Labute approximate surface area is 85.4 Å². The molecule has 0 unspecified atom stereocenters. The van der Waals surface area contributed by atoms with Crippen LogP contribution in [0, 0.1) is 4.77 Å². The monoisotopic (exact) mass is 210 g/mol. The van der Waals surface area contributed by atoms with Crippen LogP contribution in [0.15, 0.2) is 18.7 Å². The standard InChI is InChI=1S/C7H10N6S/c8-6-10-11-7(14)13(6)4-3-12-2-1-9-5-12/h1-2,5H,3-4H2,(H2,8,10)(H,11,14). The van der Waals surface area contributed by atoms with Crippen molar-refractivity contribution in [2.75, 3.05) is 5.73 Å². The molecule has 7 heteroatoms. The second-order valence-corrected chi connectivity index (χ2v) is 3.23. The second kappa shape index (κ2) is 3.62. The minimum atomic E-state index is 0.412. The molecule has 0 saturated carbocycles. The predicted molar refractivity (Wildman–Crippen MR) is 54.1 cm³/mol. The van der Waals surface area contributed by atoms with E-state index < -0.39 is 0 Å². The van der Waals surface area contributed by atoms with E-state index in [0.29, 0.717) is 17.3 Å². The first-order valence-corrected chi connectivity index (χ1v) is 4.54. The Hall–Kier alpha value is -1.63. The molecule has 0 spiro atoms. The maximum Gasteiger partial charge on any atom is 0.220 e. The zero-order valence-corrected chi connectivity index (χ0v) is 8.24. The number of hydrogen-bond acceptors (Lipinski definition) is 4. The fourth-order valence-corrected chi connectivity index (χ4v) is 1.41. The van der Waals surface area contributed by atoms with E-state index in [2.05, 4.69) is 15.2 Å². The van der Waals surface area contributed by atoms with Gasteiger partial charge in [-0.1, -0.05) is 0 Å². The minimum absolute atomic E-state index is 0.412. The van der Waals surface area contributed by atoms with Crippen LogP contribution in [-0.4, -0.2) is 24.3 Å². The molecule has 14 heavy (non-hydrogen) atoms. The molecule has 0 saturated heterocycles. The number of nitrogen functional groups attached to an aromatic ring is 1. The summed E-state index contributed by atoms with van der Waals surface area (Å²) in [6.07, 6.45) is 5.37. The summed E-state index contributed by atoms with van der Waals surface area (Å²) < 4.78 is 4.24. The van der Waals surface area contributed by atoms with Gasteiger partial charge in [0, 0.05) is 25.5 Å². The van der Waals surface area contributed by atoms with Crippen molar-refractivity contribution in [3.05, 3.63) is 23.5 Å². The summed E-state index contributed by atoms with van der Waals surface area (Å²) >= 11 is 5.01. The SMILES string of the molecule is Nc1n[nH]c(=S)n1CCn1ccnc1. The Balaban J connectivity index is 2.09. The first kappa shape index (κ1) is 8.95. The number of aromatic amines is 1. The van der Waals surface area contributed by atoms with Gasteiger partial charge in [0.25, 0.3) is 0 Å². The molecule has 2 heterocycles. The summed E-state index contributed by atoms with van der Waals surface area (Å²) in [6, 6.07) is 0. The van der Waals surface area contributed by atoms with Crippen LogP contribution in [0.25, 0.3) is 0 Å². The highest BCUT2D eigenvalue weighted by atomic mass is 32.1. The third-order valence-corrected chi connectivity index (χ3v) is 2.24. The topological polar surface area (TPSA) is 77.5 Å². The molecule has 0 aliphatic rings. The molecule has 0 radical (unpaired) electrons. The Morgan fingerprint density at radius 2 is 2.36 bits per heavy atom. The average Bonchev–Trinajstić information content (AvgIpc) is 2.76. The summed E-state index contributed by atoms with van der Waals surface area (Å²) in [5.41, 5.74) is 5.61. The third-order valence-electron chi connectivity index (χ3n) is 1.93. The van der Waals surface area contributed by atoms with Crippen molar-refractivity contribution >= 4 is 18.2 Å². The van der Waals surface area contributed by atoms with E-state index in [1.54, 1.807) is 17.1 Å². The maximum atomic E-state index is 5.61. The molecular formula is C7H10N6S. The highest BCUT2D eigenvalue weighted by Crippen LogP contribution is 1.99. The number of anilines is 1. The van der Waals surface area contributed by atoms with E-state index in [1.807, 2.05) is 10.8 Å². The first-order chi connectivity index (χ1) is 6.77. The Morgan fingerprint density at radius 3 is 2.93 bits per heavy atom. The van der Waals surface area contributed by atoms with Gasteiger partial charge in [0.2, 0.25) is 5.95 Å². The van der Waals surface area contributed by atoms with Gasteiger partial charge in [-0.3, -0.25) is 4.57 Å². The molecule has 0 aliphatic heterocycles. The molecular weight excluding hydrogens is 200 g/mol. The highest BCUT2D eigenvalue weighted by molar-refractivity contribution is 7.71. The number of nitrogens with zero attached hydrogens (tertiary/aromatic N) is 4. The zero-order valence-electron chi connectivity index (χ0n) is 7.42. The van der Waals surface area contributed by atoms with E-state index in [-0.39, 0.29) is 0 Å². The average molecular weight is 210 g/mol. The van der Waals surface area contributed by atoms with Crippen molar-refractivity contribution in [3.63, 3.8) is 0 Å². The number of nitrogens with two attached hydrogens (primary N) is 1. The lowest BCUT2D eigenvalue weighted by Gasteiger charge is -2.03. The van der Waals surface area contributed by atoms with Gasteiger partial charge >= 0.3 is 0 Å². The van der Waals surface area contributed by atoms with E-state index >= 15 is 0 Å². The number of aryl methyl sites for hydroxylation is 1. The number of H-pyrrole nitrogens is 1. The molecule has 0 aliphatic carbocycles. The van der Waals surface area contributed by atoms with Crippen LogP contribution in [0.2, 0.25) is 0 Å². The fraction of sp³-hybridized carbons (Fsp3) is 0.286. The fourth-order valence-electron chi connectivity index (χ4n) is 1.18. The van der Waals surface area contributed by atoms with Crippen LogP contribution in [0.1, 0.15) is 0 Å². The first-order valence-electron chi connectivity index (χ1n) is 4.14. The molecule has 6 nitrogen and oxygen atoms in total. The molecule has 0 fully saturated rings. The van der Waals surface area contributed by atoms with Gasteiger partial charge in [0.15, 0.2) is 4.77 Å². The number of imidazole rings is 1. The predicted octanol–water partition coefficient (Wildman–Crippen LogP) is 0.420. The Morgan fingerprint density at radius 1 is 1.50 bits per heavy atom. The van der Waals surface area contributed by atoms with Gasteiger partial charge in [0.1, 0.15) is 0 Å². The zero-order chi connectivity index (χ0) is 9.97. The Kier molecular flexibility index (Phi) is 2.32. The molecule has 3 N–H and O–H groups in total. The lowest BCUT2D eigenvalue weighted by molar-refractivity contribution is 0.578. The van der Waals surface area contributed by atoms with Crippen molar-refractivity contribution in [1.82, 2.24) is 24.3 Å². The lowest BCUT2D eigenvalue weighted by Crippen LogP contribution is -2.08. The van der Waals surface area contributed by atoms with E-state index in [1.165, 1.54) is 0 Å². The van der Waals surface area contributed by atoms with Crippen LogP contribution < -0.4 is 5.73 Å². The largest absolute Gasteiger partial charge is 0.368 e. The van der Waals surface area contributed by atoms with Gasteiger partial charge in [-0.05, 0) is 12.2 Å². The minimum Gasteiger partial charge on any atom is -0.368 e. The maximum absolute atomic E-state index is 5.61. The Bertz CT molecular complexity index is 453. The molecule has 74 valence electrons. The molecule has 0 amide bonds. The van der Waals surface area contributed by atoms with Crippen LogP contribution in [-0.2, 0) is 13.1 Å². The summed E-state index contributed by atoms with van der Waals surface area (Å²) in [4.78, 5) is 3.94. The molecule has 0 aromatic carbocycles. The van der Waals surface area contributed by atoms with Gasteiger partial charge in [-0.25, -0.2) is 10.1 Å².